The van der Waals surface area contributed by atoms with E-state index in [-0.39, 0.29) is 57.8 Å². The normalized spacial score (nSPS) is 40.3. The quantitative estimate of drug-likeness (QED) is 0.140. The van der Waals surface area contributed by atoms with Gasteiger partial charge in [0.05, 0.1) is 18.4 Å². The van der Waals surface area contributed by atoms with Crippen LogP contribution in [0.4, 0.5) is 4.79 Å². The molecule has 316 valence electrons. The number of carboxylic acid groups (broad SMARTS) is 1. The van der Waals surface area contributed by atoms with Crippen molar-refractivity contribution < 1.29 is 38.5 Å². The van der Waals surface area contributed by atoms with Crippen molar-refractivity contribution >= 4 is 24.0 Å². The van der Waals surface area contributed by atoms with Crippen molar-refractivity contribution in [3.05, 3.63) is 12.2 Å². The number of esters is 2. The number of aliphatic carboxylic acids is 1. The van der Waals surface area contributed by atoms with E-state index >= 15 is 0 Å². The Bertz CT molecular complexity index is 1580. The van der Waals surface area contributed by atoms with Crippen LogP contribution in [0.3, 0.4) is 0 Å². The highest BCUT2D eigenvalue weighted by Gasteiger charge is 2.71. The molecular weight excluding hydrogens is 707 g/mol. The van der Waals surface area contributed by atoms with E-state index in [9.17, 15) is 24.3 Å². The average molecular weight is 782 g/mol. The zero-order valence-electron chi connectivity index (χ0n) is 36.8. The fourth-order valence-electron chi connectivity index (χ4n) is 14.4. The second-order valence-corrected chi connectivity index (χ2v) is 22.6. The molecule has 1 unspecified atom stereocenters. The number of fused-ring (bicyclic) bond motifs is 7. The Morgan fingerprint density at radius 1 is 0.786 bits per heavy atom. The van der Waals surface area contributed by atoms with E-state index < -0.39 is 23.0 Å². The number of amides is 1. The molecule has 0 aromatic rings. The van der Waals surface area contributed by atoms with Gasteiger partial charge in [-0.25, -0.2) is 4.79 Å². The Balaban J connectivity index is 1.16. The lowest BCUT2D eigenvalue weighted by molar-refractivity contribution is -0.250. The fraction of sp³-hybridized carbons (Fsp3) is 0.872. The number of ether oxygens (including phenoxy) is 3. The highest BCUT2D eigenvalue weighted by molar-refractivity contribution is 5.81. The Labute approximate surface area is 337 Å². The van der Waals surface area contributed by atoms with Crippen LogP contribution >= 0.6 is 0 Å². The molecule has 5 aliphatic carbocycles. The van der Waals surface area contributed by atoms with Crippen LogP contribution in [0.2, 0.25) is 0 Å². The molecule has 5 saturated carbocycles. The van der Waals surface area contributed by atoms with E-state index in [1.54, 1.807) is 18.7 Å². The second kappa shape index (κ2) is 14.6. The van der Waals surface area contributed by atoms with Crippen LogP contribution in [0.5, 0.6) is 0 Å². The van der Waals surface area contributed by atoms with Gasteiger partial charge in [-0.05, 0) is 163 Å². The van der Waals surface area contributed by atoms with Crippen LogP contribution < -0.4 is 0 Å². The van der Waals surface area contributed by atoms with Gasteiger partial charge in [0.15, 0.2) is 0 Å². The van der Waals surface area contributed by atoms with Crippen molar-refractivity contribution in [2.45, 2.75) is 184 Å². The van der Waals surface area contributed by atoms with E-state index in [1.165, 1.54) is 24.8 Å². The molecule has 9 nitrogen and oxygen atoms in total. The van der Waals surface area contributed by atoms with Gasteiger partial charge in [-0.15, -0.1) is 0 Å². The van der Waals surface area contributed by atoms with E-state index in [0.29, 0.717) is 55.5 Å². The Kier molecular flexibility index (Phi) is 11.2. The number of carboxylic acids is 1. The van der Waals surface area contributed by atoms with E-state index in [0.717, 1.165) is 51.4 Å². The predicted octanol–water partition coefficient (Wildman–Crippen LogP) is 10.4. The standard InChI is InChI=1S/C47H75NO8/c1-29(2)31-15-22-47(23-18-36(49)54-30-19-26-48(28-30)40(53)56-41(3,4)5)25-24-45(11)32(38(31)47)13-14-34-44(10)20-17-35(55-37(50)27-42(6,7)39(51)52)43(8,9)33(44)16-21-46(34,45)12/h30-35,38H,1,13-28H2,2-12H3,(H,51,52)/t30?,31-,32+,33-,34+,35-,38+,44-,45+,46+,47-/m0/s1. The summed E-state index contributed by atoms with van der Waals surface area (Å²) in [6, 6.07) is 0. The Morgan fingerprint density at radius 3 is 2.12 bits per heavy atom. The van der Waals surface area contributed by atoms with Crippen molar-refractivity contribution in [3.63, 3.8) is 0 Å². The number of nitrogens with zero attached hydrogens (tertiary/aromatic N) is 1. The number of allylic oxidation sites excluding steroid dienone is 1. The Morgan fingerprint density at radius 2 is 1.48 bits per heavy atom. The summed E-state index contributed by atoms with van der Waals surface area (Å²) in [5.41, 5.74) is -0.0763. The first kappa shape index (κ1) is 43.0. The molecule has 0 spiro atoms. The van der Waals surface area contributed by atoms with Gasteiger partial charge in [0.2, 0.25) is 0 Å². The minimum absolute atomic E-state index is 0.106. The largest absolute Gasteiger partial charge is 0.481 e. The SMILES string of the molecule is C=C(C)[C@@H]1CC[C@]2(CCC(=O)OC3CCN(C(=O)OC(C)(C)C)C3)CC[C@]3(C)[C@H](CC[C@@H]4[C@@]5(C)CC[C@H](OC(=O)CC(C)(C)C(=O)O)C(C)(C)[C@@H]5CC[C@]43C)[C@@H]12. The lowest BCUT2D eigenvalue weighted by Gasteiger charge is -2.73. The summed E-state index contributed by atoms with van der Waals surface area (Å²) in [7, 11) is 0. The average Bonchev–Trinajstić information content (AvgIpc) is 3.70. The molecule has 11 atom stereocenters. The fourth-order valence-corrected chi connectivity index (χ4v) is 14.4. The third kappa shape index (κ3) is 7.34. The molecule has 0 radical (unpaired) electrons. The summed E-state index contributed by atoms with van der Waals surface area (Å²) in [6.45, 7) is 28.9. The topological polar surface area (TPSA) is 119 Å². The molecule has 1 aliphatic heterocycles. The summed E-state index contributed by atoms with van der Waals surface area (Å²) in [6.07, 6.45) is 12.0. The van der Waals surface area contributed by atoms with E-state index in [1.807, 2.05) is 20.8 Å². The number of carbonyl (C=O) groups excluding carboxylic acids is 3. The first-order valence-corrected chi connectivity index (χ1v) is 22.1. The minimum atomic E-state index is -1.16. The molecule has 9 heteroatoms. The van der Waals surface area contributed by atoms with Crippen LogP contribution in [-0.4, -0.2) is 64.9 Å². The highest BCUT2D eigenvalue weighted by atomic mass is 16.6. The first-order valence-electron chi connectivity index (χ1n) is 22.1. The molecule has 0 bridgehead atoms. The molecule has 1 N–H and O–H groups in total. The Hall–Kier alpha value is -2.58. The van der Waals surface area contributed by atoms with Crippen LogP contribution in [0.25, 0.3) is 0 Å². The predicted molar refractivity (Wildman–Crippen MR) is 216 cm³/mol. The number of rotatable bonds is 9. The van der Waals surface area contributed by atoms with Gasteiger partial charge in [0, 0.05) is 24.8 Å². The molecule has 6 rings (SSSR count). The van der Waals surface area contributed by atoms with Crippen molar-refractivity contribution in [1.82, 2.24) is 4.90 Å². The lowest BCUT2D eigenvalue weighted by atomic mass is 9.32. The minimum Gasteiger partial charge on any atom is -0.481 e. The van der Waals surface area contributed by atoms with Gasteiger partial charge in [-0.2, -0.15) is 0 Å². The summed E-state index contributed by atoms with van der Waals surface area (Å²) in [5, 5.41) is 9.63. The maximum Gasteiger partial charge on any atom is 0.410 e. The van der Waals surface area contributed by atoms with Crippen LogP contribution in [0.1, 0.15) is 166 Å². The van der Waals surface area contributed by atoms with Gasteiger partial charge in [0.1, 0.15) is 17.8 Å². The highest BCUT2D eigenvalue weighted by Crippen LogP contribution is 2.78. The van der Waals surface area contributed by atoms with Crippen molar-refractivity contribution in [3.8, 4) is 0 Å². The summed E-state index contributed by atoms with van der Waals surface area (Å²) < 4.78 is 17.8. The molecule has 6 aliphatic rings. The zero-order valence-corrected chi connectivity index (χ0v) is 36.8. The van der Waals surface area contributed by atoms with Gasteiger partial charge in [-0.1, -0.05) is 46.8 Å². The molecule has 1 amide bonds. The lowest BCUT2D eigenvalue weighted by Crippen LogP contribution is -2.66. The summed E-state index contributed by atoms with van der Waals surface area (Å²) in [5.74, 6) is 0.988. The monoisotopic (exact) mass is 782 g/mol. The number of hydrogen-bond donors (Lipinski definition) is 1. The van der Waals surface area contributed by atoms with Gasteiger partial charge in [0.25, 0.3) is 0 Å². The first-order chi connectivity index (χ1) is 25.8. The number of likely N-dealkylation sites (tertiary alicyclic amines) is 1. The van der Waals surface area contributed by atoms with Crippen LogP contribution in [0, 0.1) is 62.1 Å². The molecular formula is C47H75NO8. The molecule has 56 heavy (non-hydrogen) atoms. The van der Waals surface area contributed by atoms with Crippen molar-refractivity contribution in [1.29, 1.82) is 0 Å². The zero-order chi connectivity index (χ0) is 41.4. The summed E-state index contributed by atoms with van der Waals surface area (Å²) in [4.78, 5) is 52.7. The van der Waals surface area contributed by atoms with Crippen LogP contribution in [0.15, 0.2) is 12.2 Å². The van der Waals surface area contributed by atoms with Gasteiger partial charge >= 0.3 is 24.0 Å². The molecule has 1 saturated heterocycles. The molecule has 1 heterocycles. The summed E-state index contributed by atoms with van der Waals surface area (Å²) >= 11 is 0. The molecule has 0 aromatic carbocycles. The molecule has 0 aromatic heterocycles. The van der Waals surface area contributed by atoms with E-state index in [4.69, 9.17) is 14.2 Å². The van der Waals surface area contributed by atoms with Crippen molar-refractivity contribution in [2.24, 2.45) is 62.1 Å². The number of hydrogen-bond acceptors (Lipinski definition) is 7. The number of carbonyl (C=O) groups is 4. The third-order valence-corrected chi connectivity index (χ3v) is 17.5. The van der Waals surface area contributed by atoms with Crippen LogP contribution in [-0.2, 0) is 28.6 Å². The smallest absolute Gasteiger partial charge is 0.410 e. The maximum atomic E-state index is 13.5. The van der Waals surface area contributed by atoms with Gasteiger partial charge in [-0.3, -0.25) is 14.4 Å². The van der Waals surface area contributed by atoms with E-state index in [2.05, 4.69) is 48.1 Å². The second-order valence-electron chi connectivity index (χ2n) is 22.6. The molecule has 6 fully saturated rings. The van der Waals surface area contributed by atoms with Gasteiger partial charge < -0.3 is 24.2 Å². The maximum absolute atomic E-state index is 13.5. The van der Waals surface area contributed by atoms with Crippen molar-refractivity contribution in [2.75, 3.05) is 13.1 Å². The third-order valence-electron chi connectivity index (χ3n) is 17.5.